The van der Waals surface area contributed by atoms with E-state index >= 15 is 0 Å². The van der Waals surface area contributed by atoms with Crippen molar-refractivity contribution in [2.45, 2.75) is 10.8 Å². The van der Waals surface area contributed by atoms with Gasteiger partial charge in [0.05, 0.1) is 23.1 Å². The van der Waals surface area contributed by atoms with Gasteiger partial charge < -0.3 is 5.73 Å². The highest BCUT2D eigenvalue weighted by Gasteiger charge is 2.23. The molecule has 2 aromatic rings. The summed E-state index contributed by atoms with van der Waals surface area (Å²) in [5.41, 5.74) is 7.26. The molecule has 2 N–H and O–H groups in total. The van der Waals surface area contributed by atoms with Gasteiger partial charge in [-0.1, -0.05) is 30.3 Å². The highest BCUT2D eigenvalue weighted by Crippen LogP contribution is 2.20. The van der Waals surface area contributed by atoms with E-state index < -0.39 is 10.0 Å². The molecule has 1 atom stereocenters. The van der Waals surface area contributed by atoms with Gasteiger partial charge in [0.2, 0.25) is 5.96 Å². The van der Waals surface area contributed by atoms with Crippen molar-refractivity contribution >= 4 is 22.2 Å². The molecule has 0 aromatic heterocycles. The molecule has 0 bridgehead atoms. The molecule has 0 amide bonds. The van der Waals surface area contributed by atoms with E-state index in [1.807, 2.05) is 36.4 Å². The molecular formula is C17H15N5O2S. The number of rotatable bonds is 3. The molecule has 7 nitrogen and oxygen atoms in total. The van der Waals surface area contributed by atoms with Crippen LogP contribution in [0.1, 0.15) is 17.0 Å². The quantitative estimate of drug-likeness (QED) is 0.666. The fourth-order valence-corrected chi connectivity index (χ4v) is 3.34. The van der Waals surface area contributed by atoms with Crippen LogP contribution >= 0.6 is 0 Å². The highest BCUT2D eigenvalue weighted by molar-refractivity contribution is 7.90. The number of hydrazone groups is 1. The average Bonchev–Trinajstić information content (AvgIpc) is 3.12. The van der Waals surface area contributed by atoms with Crippen LogP contribution in [0, 0.1) is 11.3 Å². The predicted octanol–water partition coefficient (Wildman–Crippen LogP) is 1.65. The molecule has 0 saturated heterocycles. The average molecular weight is 353 g/mol. The van der Waals surface area contributed by atoms with Gasteiger partial charge in [-0.3, -0.25) is 0 Å². The van der Waals surface area contributed by atoms with Gasteiger partial charge in [0.25, 0.3) is 10.0 Å². The van der Waals surface area contributed by atoms with Gasteiger partial charge in [-0.15, -0.1) is 4.40 Å². The van der Waals surface area contributed by atoms with Crippen molar-refractivity contribution in [3.05, 3.63) is 65.7 Å². The van der Waals surface area contributed by atoms with Crippen LogP contribution in [-0.2, 0) is 10.0 Å². The second-order valence-electron chi connectivity index (χ2n) is 5.42. The summed E-state index contributed by atoms with van der Waals surface area (Å²) in [5.74, 6) is -0.174. The van der Waals surface area contributed by atoms with Crippen molar-refractivity contribution in [2.24, 2.45) is 15.2 Å². The van der Waals surface area contributed by atoms with Crippen LogP contribution in [0.15, 0.2) is 69.0 Å². The lowest BCUT2D eigenvalue weighted by atomic mass is 10.0. The van der Waals surface area contributed by atoms with Gasteiger partial charge in [0.1, 0.15) is 0 Å². The van der Waals surface area contributed by atoms with Gasteiger partial charge in [-0.2, -0.15) is 18.8 Å². The third-order valence-corrected chi connectivity index (χ3v) is 5.04. The van der Waals surface area contributed by atoms with Crippen molar-refractivity contribution in [1.82, 2.24) is 5.01 Å². The number of nitriles is 1. The number of sulfonamides is 1. The molecule has 1 unspecified atom stereocenters. The third kappa shape index (κ3) is 3.67. The van der Waals surface area contributed by atoms with Crippen molar-refractivity contribution < 1.29 is 8.42 Å². The summed E-state index contributed by atoms with van der Waals surface area (Å²) in [7, 11) is -3.97. The topological polar surface area (TPSA) is 112 Å². The standard InChI is InChI=1S/C17H15N5O2S/c18-10-13-6-8-16(9-7-13)25(23,24)21-17(19)22-12-15(11-20-22)14-4-2-1-3-5-14/h1-9,11,15H,12H2,(H2,19,21). The lowest BCUT2D eigenvalue weighted by Crippen LogP contribution is -2.33. The van der Waals surface area contributed by atoms with E-state index in [9.17, 15) is 8.42 Å². The Kier molecular flexibility index (Phi) is 4.50. The maximum atomic E-state index is 12.3. The minimum atomic E-state index is -3.97. The van der Waals surface area contributed by atoms with E-state index in [-0.39, 0.29) is 16.8 Å². The number of hydrogen-bond acceptors (Lipinski definition) is 4. The second kappa shape index (κ2) is 6.75. The van der Waals surface area contributed by atoms with Crippen LogP contribution in [0.3, 0.4) is 0 Å². The second-order valence-corrected chi connectivity index (χ2v) is 7.03. The Labute approximate surface area is 145 Å². The molecule has 0 saturated carbocycles. The lowest BCUT2D eigenvalue weighted by Gasteiger charge is -2.14. The SMILES string of the molecule is N#Cc1ccc(S(=O)(=O)N=C(N)N2CC(c3ccccc3)C=N2)cc1. The van der Waals surface area contributed by atoms with Crippen LogP contribution in [0.2, 0.25) is 0 Å². The first kappa shape index (κ1) is 16.7. The van der Waals surface area contributed by atoms with Crippen molar-refractivity contribution in [2.75, 3.05) is 6.54 Å². The Morgan fingerprint density at radius 1 is 1.20 bits per heavy atom. The molecule has 0 aliphatic carbocycles. The molecule has 8 heteroatoms. The zero-order chi connectivity index (χ0) is 17.9. The number of guanidine groups is 1. The summed E-state index contributed by atoms with van der Waals surface area (Å²) >= 11 is 0. The Morgan fingerprint density at radius 2 is 1.88 bits per heavy atom. The van der Waals surface area contributed by atoms with Gasteiger partial charge in [0, 0.05) is 12.1 Å². The maximum Gasteiger partial charge on any atom is 0.285 e. The zero-order valence-corrected chi connectivity index (χ0v) is 14.0. The molecule has 1 aliphatic heterocycles. The summed E-state index contributed by atoms with van der Waals surface area (Å²) < 4.78 is 28.3. The third-order valence-electron chi connectivity index (χ3n) is 3.74. The summed E-state index contributed by atoms with van der Waals surface area (Å²) in [6.45, 7) is 0.419. The Bertz CT molecular complexity index is 960. The molecule has 1 aliphatic rings. The van der Waals surface area contributed by atoms with E-state index in [0.717, 1.165) is 5.56 Å². The summed E-state index contributed by atoms with van der Waals surface area (Å²) in [4.78, 5) is -0.0303. The summed E-state index contributed by atoms with van der Waals surface area (Å²) in [6, 6.07) is 17.1. The molecular weight excluding hydrogens is 338 g/mol. The van der Waals surface area contributed by atoms with Crippen LogP contribution < -0.4 is 5.73 Å². The van der Waals surface area contributed by atoms with Gasteiger partial charge in [-0.25, -0.2) is 5.01 Å². The first-order chi connectivity index (χ1) is 12.0. The number of nitrogens with zero attached hydrogens (tertiary/aromatic N) is 4. The molecule has 126 valence electrons. The summed E-state index contributed by atoms with van der Waals surface area (Å²) in [5, 5.41) is 14.3. The molecule has 3 rings (SSSR count). The fraction of sp³-hybridized carbons (Fsp3) is 0.118. The zero-order valence-electron chi connectivity index (χ0n) is 13.1. The minimum absolute atomic E-state index is 0.0209. The van der Waals surface area contributed by atoms with Crippen LogP contribution in [-0.4, -0.2) is 32.1 Å². The Hall–Kier alpha value is -3.18. The van der Waals surface area contributed by atoms with E-state index in [1.165, 1.54) is 29.3 Å². The van der Waals surface area contributed by atoms with E-state index in [1.54, 1.807) is 6.21 Å². The Morgan fingerprint density at radius 3 is 2.52 bits per heavy atom. The van der Waals surface area contributed by atoms with Crippen LogP contribution in [0.4, 0.5) is 0 Å². The molecule has 1 heterocycles. The van der Waals surface area contributed by atoms with Crippen molar-refractivity contribution in [3.8, 4) is 6.07 Å². The van der Waals surface area contributed by atoms with Crippen LogP contribution in [0.5, 0.6) is 0 Å². The predicted molar refractivity (Wildman–Crippen MR) is 94.3 cm³/mol. The largest absolute Gasteiger partial charge is 0.367 e. The smallest absolute Gasteiger partial charge is 0.285 e. The molecule has 2 aromatic carbocycles. The Balaban J connectivity index is 1.77. The van der Waals surface area contributed by atoms with E-state index in [4.69, 9.17) is 11.0 Å². The number of nitrogens with two attached hydrogens (primary N) is 1. The minimum Gasteiger partial charge on any atom is -0.367 e. The fourth-order valence-electron chi connectivity index (χ4n) is 2.41. The highest BCUT2D eigenvalue weighted by atomic mass is 32.2. The van der Waals surface area contributed by atoms with Crippen molar-refractivity contribution in [1.29, 1.82) is 5.26 Å². The first-order valence-corrected chi connectivity index (χ1v) is 8.91. The molecule has 0 fully saturated rings. The number of hydrogen-bond donors (Lipinski definition) is 1. The number of benzene rings is 2. The molecule has 0 spiro atoms. The first-order valence-electron chi connectivity index (χ1n) is 7.47. The lowest BCUT2D eigenvalue weighted by molar-refractivity contribution is 0.470. The molecule has 25 heavy (non-hydrogen) atoms. The van der Waals surface area contributed by atoms with Crippen LogP contribution in [0.25, 0.3) is 0 Å². The van der Waals surface area contributed by atoms with Gasteiger partial charge >= 0.3 is 0 Å². The van der Waals surface area contributed by atoms with Crippen molar-refractivity contribution in [3.63, 3.8) is 0 Å². The van der Waals surface area contributed by atoms with Gasteiger partial charge in [-0.05, 0) is 29.8 Å². The normalized spacial score (nSPS) is 17.5. The molecule has 0 radical (unpaired) electrons. The monoisotopic (exact) mass is 353 g/mol. The van der Waals surface area contributed by atoms with E-state index in [2.05, 4.69) is 9.50 Å². The summed E-state index contributed by atoms with van der Waals surface area (Å²) in [6.07, 6.45) is 1.71. The van der Waals surface area contributed by atoms with Gasteiger partial charge in [0.15, 0.2) is 0 Å². The van der Waals surface area contributed by atoms with E-state index in [0.29, 0.717) is 12.1 Å². The maximum absolute atomic E-state index is 12.3.